The number of methoxy groups -OCH3 is 1. The molecule has 0 spiro atoms. The molecule has 2 heterocycles. The van der Waals surface area contributed by atoms with Gasteiger partial charge in [0.25, 0.3) is 10.0 Å². The van der Waals surface area contributed by atoms with E-state index in [1.165, 1.54) is 36.5 Å². The summed E-state index contributed by atoms with van der Waals surface area (Å²) in [6.45, 7) is 7.14. The number of sulfonamides is 1. The molecule has 10 nitrogen and oxygen atoms in total. The van der Waals surface area contributed by atoms with Crippen LogP contribution in [-0.2, 0) is 10.0 Å². The van der Waals surface area contributed by atoms with Crippen molar-refractivity contribution in [3.8, 4) is 5.75 Å². The van der Waals surface area contributed by atoms with Crippen LogP contribution in [-0.4, -0.2) is 49.2 Å². The third-order valence-corrected chi connectivity index (χ3v) is 7.12. The van der Waals surface area contributed by atoms with Crippen molar-refractivity contribution in [1.29, 1.82) is 0 Å². The maximum Gasteiger partial charge on any atom is 0.330 e. The molecule has 0 atom stereocenters. The van der Waals surface area contributed by atoms with Gasteiger partial charge in [0, 0.05) is 30.4 Å². The van der Waals surface area contributed by atoms with Crippen molar-refractivity contribution in [2.24, 2.45) is 0 Å². The number of urea groups is 1. The highest BCUT2D eigenvalue weighted by Crippen LogP contribution is 2.38. The second kappa shape index (κ2) is 9.82. The maximum atomic E-state index is 14.5. The number of carbonyl (C=O) groups excluding carboxylic acids is 1. The molecule has 2 amide bonds. The van der Waals surface area contributed by atoms with Gasteiger partial charge in [-0.1, -0.05) is 5.16 Å². The first kappa shape index (κ1) is 26.4. The largest absolute Gasteiger partial charge is 0.495 e. The van der Waals surface area contributed by atoms with Gasteiger partial charge in [-0.05, 0) is 61.8 Å². The Hall–Kier alpha value is -3.19. The lowest BCUT2D eigenvalue weighted by Gasteiger charge is -2.36. The summed E-state index contributed by atoms with van der Waals surface area (Å²) in [5.41, 5.74) is 0.0114. The zero-order valence-corrected chi connectivity index (χ0v) is 22.4. The van der Waals surface area contributed by atoms with Gasteiger partial charge in [0.2, 0.25) is 0 Å². The second-order valence-corrected chi connectivity index (χ2v) is 11.1. The number of benzene rings is 1. The number of hydrogen-bond donors (Lipinski definition) is 1. The molecule has 0 fully saturated rings. The lowest BCUT2D eigenvalue weighted by Crippen LogP contribution is -2.48. The van der Waals surface area contributed by atoms with Crippen LogP contribution in [0.3, 0.4) is 0 Å². The number of hydrogen-bond acceptors (Lipinski definition) is 7. The number of carbonyl (C=O) groups is 1. The summed E-state index contributed by atoms with van der Waals surface area (Å²) in [7, 11) is -1.05. The minimum Gasteiger partial charge on any atom is -0.495 e. The average molecular weight is 570 g/mol. The van der Waals surface area contributed by atoms with E-state index in [1.54, 1.807) is 14.0 Å². The van der Waals surface area contributed by atoms with E-state index in [1.807, 2.05) is 20.8 Å². The molecule has 0 aliphatic rings. The Bertz CT molecular complexity index is 1340. The highest BCUT2D eigenvalue weighted by molar-refractivity contribution is 9.10. The summed E-state index contributed by atoms with van der Waals surface area (Å²) in [6.07, 6.45) is 2.39. The van der Waals surface area contributed by atoms with Gasteiger partial charge in [0.1, 0.15) is 28.5 Å². The molecule has 3 aromatic rings. The molecule has 0 saturated carbocycles. The first-order chi connectivity index (χ1) is 16.3. The predicted octanol–water partition coefficient (Wildman–Crippen LogP) is 5.08. The molecule has 0 aliphatic heterocycles. The smallest absolute Gasteiger partial charge is 0.330 e. The van der Waals surface area contributed by atoms with E-state index in [0.717, 1.165) is 17.2 Å². The van der Waals surface area contributed by atoms with Crippen LogP contribution >= 0.6 is 15.9 Å². The maximum absolute atomic E-state index is 14.5. The normalized spacial score (nSPS) is 11.8. The molecule has 13 heteroatoms. The van der Waals surface area contributed by atoms with Gasteiger partial charge in [0.15, 0.2) is 5.82 Å². The third kappa shape index (κ3) is 5.56. The van der Waals surface area contributed by atoms with Gasteiger partial charge in [-0.25, -0.2) is 27.5 Å². The SMILES string of the molecule is COc1cc(Br)c(F)cc1N(C(=O)N(C)C(C)(C)C)c1ccc(S(=O)(=O)Nc2nocc2C)cn1. The van der Waals surface area contributed by atoms with Gasteiger partial charge >= 0.3 is 6.03 Å². The van der Waals surface area contributed by atoms with E-state index in [0.29, 0.717) is 5.56 Å². The lowest BCUT2D eigenvalue weighted by atomic mass is 10.1. The zero-order chi connectivity index (χ0) is 26.1. The molecular formula is C22H25BrFN5O5S. The number of nitrogens with one attached hydrogen (secondary N) is 1. The minimum atomic E-state index is -4.04. The van der Waals surface area contributed by atoms with Gasteiger partial charge < -0.3 is 14.2 Å². The number of anilines is 3. The Kier molecular flexibility index (Phi) is 7.41. The number of nitrogens with zero attached hydrogens (tertiary/aromatic N) is 4. The number of ether oxygens (including phenoxy) is 1. The van der Waals surface area contributed by atoms with E-state index in [4.69, 9.17) is 9.26 Å². The second-order valence-electron chi connectivity index (χ2n) is 8.59. The van der Waals surface area contributed by atoms with Crippen LogP contribution in [0.25, 0.3) is 0 Å². The summed E-state index contributed by atoms with van der Waals surface area (Å²) in [5.74, 6) is -0.311. The van der Waals surface area contributed by atoms with Crippen molar-refractivity contribution in [2.75, 3.05) is 23.8 Å². The van der Waals surface area contributed by atoms with Crippen LogP contribution in [0.15, 0.2) is 50.6 Å². The Balaban J connectivity index is 2.09. The van der Waals surface area contributed by atoms with Crippen molar-refractivity contribution in [1.82, 2.24) is 15.0 Å². The third-order valence-electron chi connectivity index (χ3n) is 5.19. The molecule has 2 aromatic heterocycles. The molecular weight excluding hydrogens is 545 g/mol. The topological polar surface area (TPSA) is 118 Å². The van der Waals surface area contributed by atoms with Crippen LogP contribution in [0.1, 0.15) is 26.3 Å². The number of halogens is 2. The zero-order valence-electron chi connectivity index (χ0n) is 20.0. The molecule has 0 bridgehead atoms. The molecule has 3 rings (SSSR count). The van der Waals surface area contributed by atoms with Crippen LogP contribution in [0.5, 0.6) is 5.75 Å². The number of pyridine rings is 1. The fourth-order valence-corrected chi connectivity index (χ4v) is 4.18. The molecule has 0 saturated heterocycles. The highest BCUT2D eigenvalue weighted by Gasteiger charge is 2.32. The summed E-state index contributed by atoms with van der Waals surface area (Å²) >= 11 is 3.11. The first-order valence-corrected chi connectivity index (χ1v) is 12.5. The number of rotatable bonds is 6. The standard InChI is InChI=1S/C22H25BrFN5O5S/c1-13-12-34-26-20(13)27-35(31,32)14-7-8-19(25-11-14)29(21(30)28(5)22(2,3)4)17-10-16(24)15(23)9-18(17)33-6/h7-12H,1-6H3,(H,26,27). The quantitative estimate of drug-likeness (QED) is 0.439. The molecule has 35 heavy (non-hydrogen) atoms. The first-order valence-electron chi connectivity index (χ1n) is 10.3. The molecule has 0 aliphatic carbocycles. The van der Waals surface area contributed by atoms with Crippen LogP contribution in [0, 0.1) is 12.7 Å². The molecule has 0 unspecified atom stereocenters. The number of amides is 2. The van der Waals surface area contributed by atoms with E-state index in [2.05, 4.69) is 30.8 Å². The summed E-state index contributed by atoms with van der Waals surface area (Å²) in [5, 5.41) is 3.61. The van der Waals surface area contributed by atoms with E-state index in [-0.39, 0.29) is 32.4 Å². The summed E-state index contributed by atoms with van der Waals surface area (Å²) < 4.78 is 52.7. The minimum absolute atomic E-state index is 0.0488. The Morgan fingerprint density at radius 1 is 1.26 bits per heavy atom. The fraction of sp³-hybridized carbons (Fsp3) is 0.318. The van der Waals surface area contributed by atoms with E-state index < -0.39 is 27.4 Å². The molecule has 188 valence electrons. The lowest BCUT2D eigenvalue weighted by molar-refractivity contribution is 0.174. The summed E-state index contributed by atoms with van der Waals surface area (Å²) in [6, 6.07) is 4.62. The fourth-order valence-electron chi connectivity index (χ4n) is 2.85. The van der Waals surface area contributed by atoms with Gasteiger partial charge in [-0.15, -0.1) is 0 Å². The molecule has 0 radical (unpaired) electrons. The Morgan fingerprint density at radius 3 is 2.46 bits per heavy atom. The van der Waals surface area contributed by atoms with Crippen molar-refractivity contribution in [2.45, 2.75) is 38.1 Å². The molecule has 1 aromatic carbocycles. The predicted molar refractivity (Wildman–Crippen MR) is 132 cm³/mol. The van der Waals surface area contributed by atoms with Gasteiger partial charge in [-0.2, -0.15) is 0 Å². The van der Waals surface area contributed by atoms with Gasteiger partial charge in [0.05, 0.1) is 17.3 Å². The van der Waals surface area contributed by atoms with Crippen molar-refractivity contribution < 1.29 is 26.9 Å². The highest BCUT2D eigenvalue weighted by atomic mass is 79.9. The number of aryl methyl sites for hydroxylation is 1. The van der Waals surface area contributed by atoms with Crippen LogP contribution < -0.4 is 14.4 Å². The van der Waals surface area contributed by atoms with Crippen molar-refractivity contribution >= 4 is 49.3 Å². The van der Waals surface area contributed by atoms with Crippen molar-refractivity contribution in [3.05, 3.63) is 52.6 Å². The van der Waals surface area contributed by atoms with Gasteiger partial charge in [-0.3, -0.25) is 4.72 Å². The van der Waals surface area contributed by atoms with Crippen LogP contribution in [0.4, 0.5) is 26.5 Å². The van der Waals surface area contributed by atoms with E-state index in [9.17, 15) is 17.6 Å². The monoisotopic (exact) mass is 569 g/mol. The number of aromatic nitrogens is 2. The summed E-state index contributed by atoms with van der Waals surface area (Å²) in [4.78, 5) is 20.2. The Morgan fingerprint density at radius 2 is 1.94 bits per heavy atom. The average Bonchev–Trinajstić information content (AvgIpc) is 3.18. The van der Waals surface area contributed by atoms with Crippen LogP contribution in [0.2, 0.25) is 0 Å². The molecule has 1 N–H and O–H groups in total. The van der Waals surface area contributed by atoms with E-state index >= 15 is 0 Å². The Labute approximate surface area is 211 Å². The van der Waals surface area contributed by atoms with Crippen molar-refractivity contribution in [3.63, 3.8) is 0 Å².